The third-order valence-electron chi connectivity index (χ3n) is 3.94. The first-order valence-corrected chi connectivity index (χ1v) is 6.95. The van der Waals surface area contributed by atoms with E-state index in [4.69, 9.17) is 9.63 Å². The maximum absolute atomic E-state index is 12.4. The normalized spacial score (nSPS) is 15.9. The molecule has 1 aliphatic rings. The van der Waals surface area contributed by atoms with Crippen molar-refractivity contribution < 1.29 is 14.4 Å². The molecule has 0 radical (unpaired) electrons. The van der Waals surface area contributed by atoms with Gasteiger partial charge in [-0.05, 0) is 26.7 Å². The fourth-order valence-corrected chi connectivity index (χ4v) is 2.84. The molecule has 1 aromatic heterocycles. The summed E-state index contributed by atoms with van der Waals surface area (Å²) in [6, 6.07) is 0.292. The molecule has 106 valence electrons. The van der Waals surface area contributed by atoms with E-state index in [9.17, 15) is 4.79 Å². The summed E-state index contributed by atoms with van der Waals surface area (Å²) < 4.78 is 5.09. The summed E-state index contributed by atoms with van der Waals surface area (Å²) in [5, 5.41) is 13.0. The Hall–Kier alpha value is -1.36. The lowest BCUT2D eigenvalue weighted by Crippen LogP contribution is -2.41. The maximum atomic E-state index is 12.4. The second-order valence-electron chi connectivity index (χ2n) is 5.23. The molecule has 0 saturated heterocycles. The van der Waals surface area contributed by atoms with Crippen LogP contribution in [0.4, 0.5) is 0 Å². The van der Waals surface area contributed by atoms with Crippen LogP contribution < -0.4 is 0 Å². The van der Waals surface area contributed by atoms with Gasteiger partial charge in [0.25, 0.3) is 0 Å². The van der Waals surface area contributed by atoms with E-state index in [1.807, 2.05) is 18.7 Å². The SMILES string of the molecule is Cc1noc(C)c1CC(=O)N(CCO)C1CCCC1. The number of carbonyl (C=O) groups excluding carboxylic acids is 1. The Bertz CT molecular complexity index is 416. The predicted molar refractivity (Wildman–Crippen MR) is 70.7 cm³/mol. The third-order valence-corrected chi connectivity index (χ3v) is 3.94. The van der Waals surface area contributed by atoms with Crippen LogP contribution in [-0.4, -0.2) is 40.3 Å². The Labute approximate surface area is 113 Å². The van der Waals surface area contributed by atoms with Crippen molar-refractivity contribution in [3.63, 3.8) is 0 Å². The second-order valence-corrected chi connectivity index (χ2v) is 5.23. The molecule has 5 heteroatoms. The highest BCUT2D eigenvalue weighted by Crippen LogP contribution is 2.24. The molecule has 0 atom stereocenters. The van der Waals surface area contributed by atoms with E-state index in [0.29, 0.717) is 24.8 Å². The van der Waals surface area contributed by atoms with E-state index in [-0.39, 0.29) is 12.5 Å². The number of hydrogen-bond acceptors (Lipinski definition) is 4. The number of aromatic nitrogens is 1. The molecule has 0 aromatic carbocycles. The molecule has 2 rings (SSSR count). The van der Waals surface area contributed by atoms with Crippen LogP contribution in [0.2, 0.25) is 0 Å². The lowest BCUT2D eigenvalue weighted by Gasteiger charge is -2.28. The van der Waals surface area contributed by atoms with Gasteiger partial charge in [0, 0.05) is 18.2 Å². The fourth-order valence-electron chi connectivity index (χ4n) is 2.84. The molecular formula is C14H22N2O3. The molecule has 1 saturated carbocycles. The van der Waals surface area contributed by atoms with Gasteiger partial charge in [0.15, 0.2) is 0 Å². The van der Waals surface area contributed by atoms with Gasteiger partial charge in [-0.3, -0.25) is 4.79 Å². The summed E-state index contributed by atoms with van der Waals surface area (Å²) in [6.07, 6.45) is 4.76. The van der Waals surface area contributed by atoms with Crippen LogP contribution in [0, 0.1) is 13.8 Å². The highest BCUT2D eigenvalue weighted by atomic mass is 16.5. The van der Waals surface area contributed by atoms with Crippen LogP contribution in [0.3, 0.4) is 0 Å². The van der Waals surface area contributed by atoms with Gasteiger partial charge >= 0.3 is 0 Å². The van der Waals surface area contributed by atoms with Crippen molar-refractivity contribution >= 4 is 5.91 Å². The first-order chi connectivity index (χ1) is 9.13. The van der Waals surface area contributed by atoms with Crippen LogP contribution in [0.15, 0.2) is 4.52 Å². The van der Waals surface area contributed by atoms with Gasteiger partial charge in [-0.15, -0.1) is 0 Å². The van der Waals surface area contributed by atoms with Gasteiger partial charge in [0.05, 0.1) is 18.7 Å². The van der Waals surface area contributed by atoms with Gasteiger partial charge in [-0.2, -0.15) is 0 Å². The van der Waals surface area contributed by atoms with Crippen LogP contribution >= 0.6 is 0 Å². The highest BCUT2D eigenvalue weighted by Gasteiger charge is 2.27. The van der Waals surface area contributed by atoms with Crippen molar-refractivity contribution in [2.24, 2.45) is 0 Å². The van der Waals surface area contributed by atoms with Crippen LogP contribution in [0.1, 0.15) is 42.7 Å². The summed E-state index contributed by atoms with van der Waals surface area (Å²) in [5.41, 5.74) is 1.66. The maximum Gasteiger partial charge on any atom is 0.227 e. The number of nitrogens with zero attached hydrogens (tertiary/aromatic N) is 2. The molecule has 1 N–H and O–H groups in total. The highest BCUT2D eigenvalue weighted by molar-refractivity contribution is 5.79. The average Bonchev–Trinajstić information content (AvgIpc) is 3.01. The van der Waals surface area contributed by atoms with Crippen molar-refractivity contribution in [3.05, 3.63) is 17.0 Å². The summed E-state index contributed by atoms with van der Waals surface area (Å²) in [5.74, 6) is 0.775. The van der Waals surface area contributed by atoms with E-state index in [2.05, 4.69) is 5.16 Å². The van der Waals surface area contributed by atoms with Crippen LogP contribution in [0.25, 0.3) is 0 Å². The molecule has 0 spiro atoms. The predicted octanol–water partition coefficient (Wildman–Crippen LogP) is 1.60. The number of aryl methyl sites for hydroxylation is 2. The van der Waals surface area contributed by atoms with Crippen molar-refractivity contribution in [2.75, 3.05) is 13.2 Å². The molecule has 5 nitrogen and oxygen atoms in total. The van der Waals surface area contributed by atoms with Gasteiger partial charge in [-0.1, -0.05) is 18.0 Å². The number of rotatable bonds is 5. The molecule has 19 heavy (non-hydrogen) atoms. The van der Waals surface area contributed by atoms with Gasteiger partial charge < -0.3 is 14.5 Å². The summed E-state index contributed by atoms with van der Waals surface area (Å²) >= 11 is 0. The molecule has 1 heterocycles. The number of amides is 1. The Morgan fingerprint density at radius 2 is 2.11 bits per heavy atom. The zero-order chi connectivity index (χ0) is 13.8. The lowest BCUT2D eigenvalue weighted by molar-refractivity contribution is -0.133. The van der Waals surface area contributed by atoms with Crippen molar-refractivity contribution in [2.45, 2.75) is 52.0 Å². The second kappa shape index (κ2) is 6.19. The average molecular weight is 266 g/mol. The van der Waals surface area contributed by atoms with E-state index < -0.39 is 0 Å². The van der Waals surface area contributed by atoms with Crippen LogP contribution in [-0.2, 0) is 11.2 Å². The number of carbonyl (C=O) groups is 1. The largest absolute Gasteiger partial charge is 0.395 e. The Morgan fingerprint density at radius 1 is 1.42 bits per heavy atom. The molecular weight excluding hydrogens is 244 g/mol. The van der Waals surface area contributed by atoms with Gasteiger partial charge in [-0.25, -0.2) is 0 Å². The number of aliphatic hydroxyl groups excluding tert-OH is 1. The van der Waals surface area contributed by atoms with E-state index in [0.717, 1.165) is 24.1 Å². The van der Waals surface area contributed by atoms with E-state index >= 15 is 0 Å². The van der Waals surface area contributed by atoms with E-state index in [1.54, 1.807) is 0 Å². The molecule has 1 aliphatic carbocycles. The number of hydrogen-bond donors (Lipinski definition) is 1. The lowest BCUT2D eigenvalue weighted by atomic mass is 10.1. The standard InChI is InChI=1S/C14H22N2O3/c1-10-13(11(2)19-15-10)9-14(18)16(7-8-17)12-5-3-4-6-12/h12,17H,3-9H2,1-2H3. The molecule has 0 unspecified atom stereocenters. The minimum absolute atomic E-state index is 0.0177. The topological polar surface area (TPSA) is 66.6 Å². The quantitative estimate of drug-likeness (QED) is 0.879. The van der Waals surface area contributed by atoms with Crippen molar-refractivity contribution in [1.82, 2.24) is 10.1 Å². The van der Waals surface area contributed by atoms with Crippen molar-refractivity contribution in [1.29, 1.82) is 0 Å². The minimum atomic E-state index is 0.0177. The Kier molecular flexibility index (Phi) is 4.58. The Balaban J connectivity index is 2.07. The molecule has 1 aromatic rings. The summed E-state index contributed by atoms with van der Waals surface area (Å²) in [6.45, 7) is 4.12. The first kappa shape index (κ1) is 14.1. The zero-order valence-corrected chi connectivity index (χ0v) is 11.7. The molecule has 1 amide bonds. The molecule has 0 bridgehead atoms. The minimum Gasteiger partial charge on any atom is -0.395 e. The Morgan fingerprint density at radius 3 is 2.63 bits per heavy atom. The van der Waals surface area contributed by atoms with Crippen molar-refractivity contribution in [3.8, 4) is 0 Å². The van der Waals surface area contributed by atoms with Gasteiger partial charge in [0.1, 0.15) is 5.76 Å². The van der Waals surface area contributed by atoms with Crippen LogP contribution in [0.5, 0.6) is 0 Å². The summed E-state index contributed by atoms with van der Waals surface area (Å²) in [7, 11) is 0. The fraction of sp³-hybridized carbons (Fsp3) is 0.714. The van der Waals surface area contributed by atoms with Gasteiger partial charge in [0.2, 0.25) is 5.91 Å². The molecule has 0 aliphatic heterocycles. The first-order valence-electron chi connectivity index (χ1n) is 6.95. The summed E-state index contributed by atoms with van der Waals surface area (Å²) in [4.78, 5) is 14.3. The third kappa shape index (κ3) is 3.15. The smallest absolute Gasteiger partial charge is 0.227 e. The van der Waals surface area contributed by atoms with E-state index in [1.165, 1.54) is 12.8 Å². The zero-order valence-electron chi connectivity index (χ0n) is 11.7. The molecule has 1 fully saturated rings. The monoisotopic (exact) mass is 266 g/mol. The number of aliphatic hydroxyl groups is 1.